The highest BCUT2D eigenvalue weighted by atomic mass is 28.4. The smallest absolute Gasteiger partial charge is 0.339 e. The molecular weight excluding hydrogens is 779 g/mol. The summed E-state index contributed by atoms with van der Waals surface area (Å²) in [7, 11) is -1.05. The first-order valence-corrected chi connectivity index (χ1v) is 25.2. The third kappa shape index (κ3) is 18.4. The molecule has 2 rings (SSSR count). The standard InChI is InChI=1S/C48H79NO10Si/c1-12-14-16-20-23-30-47(56-35-36-57-47)31-24-21-18-17-19-22-25-40(48(53,44(52)59-45(3,4)5)32-34-58-60(10,11)46(6,7)8)42(50)49-41(43(51)54-9)37-38-26-28-39(29-27-38)55-33-15-13-2/h22,25-29,40-41,53H,12,14,16-21,23-24,30-37H2,1-11H3,(H,49,50)/b25-22+/t40-,41+,48?/m1/s1. The van der Waals surface area contributed by atoms with Crippen LogP contribution in [-0.4, -0.2) is 87.8 Å². The van der Waals surface area contributed by atoms with Crippen molar-refractivity contribution in [2.24, 2.45) is 5.92 Å². The lowest BCUT2D eigenvalue weighted by Gasteiger charge is -2.38. The topological polar surface area (TPSA) is 139 Å². The van der Waals surface area contributed by atoms with Gasteiger partial charge >= 0.3 is 11.9 Å². The van der Waals surface area contributed by atoms with Crippen LogP contribution in [0.25, 0.3) is 0 Å². The summed E-state index contributed by atoms with van der Waals surface area (Å²) in [5.41, 5.74) is -2.53. The molecule has 1 aromatic rings. The van der Waals surface area contributed by atoms with Crippen LogP contribution in [0.1, 0.15) is 144 Å². The average molecular weight is 858 g/mol. The van der Waals surface area contributed by atoms with Gasteiger partial charge in [-0.1, -0.05) is 96.4 Å². The lowest BCUT2D eigenvalue weighted by Crippen LogP contribution is -2.57. The maximum absolute atomic E-state index is 14.5. The van der Waals surface area contributed by atoms with Crippen LogP contribution in [-0.2, 0) is 44.2 Å². The van der Waals surface area contributed by atoms with Gasteiger partial charge in [-0.2, -0.15) is 0 Å². The largest absolute Gasteiger partial charge is 0.481 e. The number of carbonyl (C=O) groups excluding carboxylic acids is 3. The molecule has 1 aliphatic rings. The van der Waals surface area contributed by atoms with Gasteiger partial charge in [-0.3, -0.25) is 4.79 Å². The van der Waals surface area contributed by atoms with Crippen LogP contribution in [0, 0.1) is 17.8 Å². The fraction of sp³-hybridized carbons (Fsp3) is 0.729. The maximum atomic E-state index is 14.5. The van der Waals surface area contributed by atoms with E-state index in [4.69, 9.17) is 28.1 Å². The van der Waals surface area contributed by atoms with Crippen LogP contribution in [0.15, 0.2) is 36.4 Å². The van der Waals surface area contributed by atoms with Crippen molar-refractivity contribution in [2.75, 3.05) is 33.5 Å². The molecule has 0 spiro atoms. The Bertz CT molecular complexity index is 1530. The third-order valence-corrected chi connectivity index (χ3v) is 16.0. The highest BCUT2D eigenvalue weighted by Crippen LogP contribution is 2.38. The Kier molecular flexibility index (Phi) is 22.6. The van der Waals surface area contributed by atoms with Crippen LogP contribution in [0.5, 0.6) is 5.75 Å². The van der Waals surface area contributed by atoms with Gasteiger partial charge in [-0.15, -0.1) is 5.92 Å². The van der Waals surface area contributed by atoms with Crippen LogP contribution >= 0.6 is 0 Å². The van der Waals surface area contributed by atoms with E-state index in [1.807, 2.05) is 6.08 Å². The molecule has 1 unspecified atom stereocenters. The number of rotatable bonds is 27. The van der Waals surface area contributed by atoms with E-state index in [1.54, 1.807) is 58.0 Å². The van der Waals surface area contributed by atoms with Crippen molar-refractivity contribution in [3.63, 3.8) is 0 Å². The van der Waals surface area contributed by atoms with Gasteiger partial charge in [0.25, 0.3) is 0 Å². The average Bonchev–Trinajstić information content (AvgIpc) is 3.64. The molecule has 1 aromatic carbocycles. The molecule has 1 aliphatic heterocycles. The molecule has 12 heteroatoms. The molecule has 0 bridgehead atoms. The SMILES string of the molecule is CC#CCOc1ccc(C[C@H](NC(=O)[C@@H](/C=C/CCCCCCC2(CCCCCCC)OCCO2)C(O)(CCO[Si](C)(C)C(C)(C)C)C(=O)OC(C)(C)C)C(=O)OC)cc1. The normalized spacial score (nSPS) is 16.3. The number of aliphatic hydroxyl groups is 1. The predicted molar refractivity (Wildman–Crippen MR) is 240 cm³/mol. The number of nitrogens with one attached hydrogen (secondary N) is 1. The van der Waals surface area contributed by atoms with E-state index in [-0.39, 0.29) is 31.1 Å². The van der Waals surface area contributed by atoms with E-state index in [0.29, 0.717) is 25.4 Å². The number of hydrogen-bond acceptors (Lipinski definition) is 10. The quantitative estimate of drug-likeness (QED) is 0.0289. The zero-order valence-electron chi connectivity index (χ0n) is 39.0. The molecule has 60 heavy (non-hydrogen) atoms. The molecule has 1 heterocycles. The van der Waals surface area contributed by atoms with E-state index in [9.17, 15) is 19.5 Å². The van der Waals surface area contributed by atoms with Crippen molar-refractivity contribution in [2.45, 2.75) is 186 Å². The van der Waals surface area contributed by atoms with Crippen molar-refractivity contribution in [3.05, 3.63) is 42.0 Å². The molecular formula is C48H79NO10Si. The van der Waals surface area contributed by atoms with E-state index >= 15 is 0 Å². The van der Waals surface area contributed by atoms with Gasteiger partial charge in [0.1, 0.15) is 24.0 Å². The van der Waals surface area contributed by atoms with Crippen LogP contribution < -0.4 is 10.1 Å². The van der Waals surface area contributed by atoms with Crippen molar-refractivity contribution in [3.8, 4) is 17.6 Å². The monoisotopic (exact) mass is 858 g/mol. The molecule has 2 N–H and O–H groups in total. The number of hydrogen-bond donors (Lipinski definition) is 2. The number of esters is 2. The Morgan fingerprint density at radius 2 is 1.53 bits per heavy atom. The van der Waals surface area contributed by atoms with Gasteiger partial charge in [-0.05, 0) is 89.2 Å². The highest BCUT2D eigenvalue weighted by molar-refractivity contribution is 6.74. The minimum Gasteiger partial charge on any atom is -0.481 e. The Hall–Kier alpha value is -3.21. The molecule has 1 fully saturated rings. The lowest BCUT2D eigenvalue weighted by molar-refractivity contribution is -0.185. The number of allylic oxidation sites excluding steroid dienone is 1. The molecule has 340 valence electrons. The zero-order valence-corrected chi connectivity index (χ0v) is 40.0. The number of methoxy groups -OCH3 is 1. The van der Waals surface area contributed by atoms with Crippen LogP contribution in [0.2, 0.25) is 18.1 Å². The molecule has 1 amide bonds. The fourth-order valence-corrected chi connectivity index (χ4v) is 7.84. The number of amides is 1. The molecule has 1 saturated heterocycles. The first-order chi connectivity index (χ1) is 28.2. The molecule has 0 aliphatic carbocycles. The predicted octanol–water partition coefficient (Wildman–Crippen LogP) is 9.39. The molecule has 11 nitrogen and oxygen atoms in total. The Labute approximate surface area is 363 Å². The van der Waals surface area contributed by atoms with Gasteiger partial charge in [0.05, 0.1) is 26.2 Å². The summed E-state index contributed by atoms with van der Waals surface area (Å²) in [5.74, 6) is 2.06. The van der Waals surface area contributed by atoms with Gasteiger partial charge in [0.2, 0.25) is 5.91 Å². The lowest BCUT2D eigenvalue weighted by atomic mass is 9.82. The van der Waals surface area contributed by atoms with Crippen molar-refractivity contribution in [1.29, 1.82) is 0 Å². The van der Waals surface area contributed by atoms with Crippen molar-refractivity contribution >= 4 is 26.2 Å². The summed E-state index contributed by atoms with van der Waals surface area (Å²) in [6.45, 7) is 21.2. The zero-order chi connectivity index (χ0) is 44.9. The first kappa shape index (κ1) is 52.9. The number of benzene rings is 1. The Balaban J connectivity index is 2.31. The van der Waals surface area contributed by atoms with E-state index < -0.39 is 55.1 Å². The highest BCUT2D eigenvalue weighted by Gasteiger charge is 2.50. The summed E-state index contributed by atoms with van der Waals surface area (Å²) in [6, 6.07) is 6.01. The van der Waals surface area contributed by atoms with E-state index in [2.05, 4.69) is 57.9 Å². The minimum absolute atomic E-state index is 0.0240. The summed E-state index contributed by atoms with van der Waals surface area (Å²) in [5, 5.41) is 15.2. The molecule has 0 radical (unpaired) electrons. The van der Waals surface area contributed by atoms with E-state index in [1.165, 1.54) is 32.8 Å². The summed E-state index contributed by atoms with van der Waals surface area (Å²) in [6.07, 6.45) is 15.5. The maximum Gasteiger partial charge on any atom is 0.339 e. The van der Waals surface area contributed by atoms with Gasteiger partial charge in [0.15, 0.2) is 19.7 Å². The fourth-order valence-electron chi connectivity index (χ4n) is 6.79. The molecule has 0 saturated carbocycles. The second kappa shape index (κ2) is 25.7. The minimum atomic E-state index is -2.32. The second-order valence-corrected chi connectivity index (χ2v) is 23.4. The van der Waals surface area contributed by atoms with Crippen molar-refractivity contribution < 1.29 is 47.6 Å². The van der Waals surface area contributed by atoms with Gasteiger partial charge < -0.3 is 38.5 Å². The van der Waals surface area contributed by atoms with Gasteiger partial charge in [0, 0.05) is 32.3 Å². The summed E-state index contributed by atoms with van der Waals surface area (Å²) in [4.78, 5) is 41.7. The Morgan fingerprint density at radius 3 is 2.08 bits per heavy atom. The number of carbonyl (C=O) groups is 3. The first-order valence-electron chi connectivity index (χ1n) is 22.3. The summed E-state index contributed by atoms with van der Waals surface area (Å²) >= 11 is 0. The molecule has 3 atom stereocenters. The second-order valence-electron chi connectivity index (χ2n) is 18.6. The van der Waals surface area contributed by atoms with Gasteiger partial charge in [-0.25, -0.2) is 9.59 Å². The summed E-state index contributed by atoms with van der Waals surface area (Å²) < 4.78 is 35.2. The van der Waals surface area contributed by atoms with Crippen molar-refractivity contribution in [1.82, 2.24) is 5.32 Å². The molecule has 0 aromatic heterocycles. The number of ether oxygens (including phenoxy) is 5. The van der Waals surface area contributed by atoms with Crippen LogP contribution in [0.3, 0.4) is 0 Å². The third-order valence-electron chi connectivity index (χ3n) is 11.4. The Morgan fingerprint density at radius 1 is 0.933 bits per heavy atom. The number of unbranched alkanes of at least 4 members (excludes halogenated alkanes) is 8. The van der Waals surface area contributed by atoms with Crippen LogP contribution in [0.4, 0.5) is 0 Å². The van der Waals surface area contributed by atoms with E-state index in [0.717, 1.165) is 50.5 Å².